The molecular weight excluding hydrogens is 266 g/mol. The van der Waals surface area contributed by atoms with Gasteiger partial charge in [0.05, 0.1) is 0 Å². The predicted molar refractivity (Wildman–Crippen MR) is 82.9 cm³/mol. The Kier molecular flexibility index (Phi) is 6.49. The molecule has 2 aliphatic rings. The van der Waals surface area contributed by atoms with Gasteiger partial charge in [-0.2, -0.15) is 0 Å². The van der Waals surface area contributed by atoms with Crippen molar-refractivity contribution in [3.63, 3.8) is 0 Å². The fourth-order valence-electron chi connectivity index (χ4n) is 3.42. The van der Waals surface area contributed by atoms with E-state index in [1.165, 1.54) is 12.8 Å². The highest BCUT2D eigenvalue weighted by Gasteiger charge is 2.24. The zero-order valence-corrected chi connectivity index (χ0v) is 13.3. The van der Waals surface area contributed by atoms with Crippen LogP contribution in [0, 0.1) is 0 Å². The highest BCUT2D eigenvalue weighted by Crippen LogP contribution is 2.20. The Hall–Kier alpha value is -1.10. The smallest absolute Gasteiger partial charge is 0.221 e. The fraction of sp³-hybridized carbons (Fsp3) is 0.875. The molecule has 0 aliphatic carbocycles. The summed E-state index contributed by atoms with van der Waals surface area (Å²) < 4.78 is 0. The molecule has 2 rings (SSSR count). The van der Waals surface area contributed by atoms with E-state index < -0.39 is 0 Å². The zero-order chi connectivity index (χ0) is 15.1. The number of nitrogens with one attached hydrogen (secondary N) is 1. The summed E-state index contributed by atoms with van der Waals surface area (Å²) in [6, 6.07) is 0.394. The average molecular weight is 295 g/mol. The first-order valence-electron chi connectivity index (χ1n) is 8.43. The Morgan fingerprint density at radius 2 is 1.76 bits per heavy atom. The lowest BCUT2D eigenvalue weighted by molar-refractivity contribution is -0.129. The maximum Gasteiger partial charge on any atom is 0.221 e. The topological polar surface area (TPSA) is 52.7 Å². The number of hydrogen-bond donors (Lipinski definition) is 1. The van der Waals surface area contributed by atoms with E-state index in [0.29, 0.717) is 12.5 Å². The molecule has 0 bridgehead atoms. The maximum absolute atomic E-state index is 12.0. The molecule has 2 saturated heterocycles. The van der Waals surface area contributed by atoms with E-state index >= 15 is 0 Å². The van der Waals surface area contributed by atoms with Crippen LogP contribution < -0.4 is 5.32 Å². The van der Waals surface area contributed by atoms with Gasteiger partial charge < -0.3 is 10.2 Å². The van der Waals surface area contributed by atoms with Gasteiger partial charge in [0.15, 0.2) is 0 Å². The summed E-state index contributed by atoms with van der Waals surface area (Å²) in [7, 11) is 0. The van der Waals surface area contributed by atoms with Crippen LogP contribution in [0.2, 0.25) is 0 Å². The van der Waals surface area contributed by atoms with Crippen LogP contribution in [0.5, 0.6) is 0 Å². The highest BCUT2D eigenvalue weighted by molar-refractivity contribution is 5.76. The number of nitrogens with zero attached hydrogens (tertiary/aromatic N) is 2. The van der Waals surface area contributed by atoms with Crippen molar-refractivity contribution in [1.29, 1.82) is 0 Å². The largest absolute Gasteiger partial charge is 0.356 e. The van der Waals surface area contributed by atoms with Crippen LogP contribution in [-0.2, 0) is 9.59 Å². The van der Waals surface area contributed by atoms with Crippen LogP contribution in [0.25, 0.3) is 0 Å². The van der Waals surface area contributed by atoms with Crippen molar-refractivity contribution < 1.29 is 9.59 Å². The van der Waals surface area contributed by atoms with Gasteiger partial charge >= 0.3 is 0 Å². The number of hydrogen-bond acceptors (Lipinski definition) is 3. The minimum absolute atomic E-state index is 0.170. The van der Waals surface area contributed by atoms with Gasteiger partial charge in [0.1, 0.15) is 0 Å². The number of carbonyl (C=O) groups is 2. The summed E-state index contributed by atoms with van der Waals surface area (Å²) in [6.07, 6.45) is 7.15. The highest BCUT2D eigenvalue weighted by atomic mass is 16.2. The molecule has 5 nitrogen and oxygen atoms in total. The van der Waals surface area contributed by atoms with E-state index in [1.54, 1.807) is 6.92 Å². The molecule has 2 aliphatic heterocycles. The number of amides is 2. The molecule has 5 heteroatoms. The Bertz CT molecular complexity index is 359. The maximum atomic E-state index is 12.0. The fourth-order valence-corrected chi connectivity index (χ4v) is 3.42. The van der Waals surface area contributed by atoms with Crippen molar-refractivity contribution in [3.05, 3.63) is 0 Å². The molecule has 2 amide bonds. The lowest BCUT2D eigenvalue weighted by Gasteiger charge is -2.35. The Balaban J connectivity index is 1.95. The minimum atomic E-state index is 0.170. The van der Waals surface area contributed by atoms with Gasteiger partial charge in [-0.25, -0.2) is 0 Å². The first-order chi connectivity index (χ1) is 10.2. The first kappa shape index (κ1) is 16.3. The number of rotatable bonds is 0. The number of carbonyl (C=O) groups excluding carboxylic acids is 2. The van der Waals surface area contributed by atoms with Crippen molar-refractivity contribution in [2.45, 2.75) is 57.9 Å². The van der Waals surface area contributed by atoms with Crippen LogP contribution >= 0.6 is 0 Å². The molecule has 120 valence electrons. The summed E-state index contributed by atoms with van der Waals surface area (Å²) in [5.74, 6) is 0.360. The molecule has 1 unspecified atom stereocenters. The van der Waals surface area contributed by atoms with Gasteiger partial charge in [-0.15, -0.1) is 0 Å². The summed E-state index contributed by atoms with van der Waals surface area (Å²) >= 11 is 0. The standard InChI is InChI=1S/C16H29N3O2/c1-14(20)18-9-5-3-8-17-16(21)13-15-7-2-4-10-19(15)12-6-11-18/h15H,2-13H2,1H3,(H,17,21). The quantitative estimate of drug-likeness (QED) is 0.734. The lowest BCUT2D eigenvalue weighted by atomic mass is 9.98. The summed E-state index contributed by atoms with van der Waals surface area (Å²) in [6.45, 7) is 6.15. The Labute approximate surface area is 128 Å². The molecule has 1 N–H and O–H groups in total. The van der Waals surface area contributed by atoms with Crippen LogP contribution in [0.4, 0.5) is 0 Å². The van der Waals surface area contributed by atoms with E-state index in [9.17, 15) is 9.59 Å². The number of piperidine rings is 1. The van der Waals surface area contributed by atoms with Crippen molar-refractivity contribution in [1.82, 2.24) is 15.1 Å². The van der Waals surface area contributed by atoms with E-state index in [4.69, 9.17) is 0 Å². The normalized spacial score (nSPS) is 26.8. The van der Waals surface area contributed by atoms with Crippen molar-refractivity contribution >= 4 is 11.8 Å². The van der Waals surface area contributed by atoms with Crippen LogP contribution in [-0.4, -0.2) is 60.4 Å². The van der Waals surface area contributed by atoms with Gasteiger partial charge in [0.25, 0.3) is 0 Å². The molecule has 0 aromatic heterocycles. The van der Waals surface area contributed by atoms with Crippen LogP contribution in [0.15, 0.2) is 0 Å². The summed E-state index contributed by atoms with van der Waals surface area (Å²) in [4.78, 5) is 28.1. The molecule has 0 saturated carbocycles. The van der Waals surface area contributed by atoms with Crippen molar-refractivity contribution in [2.75, 3.05) is 32.7 Å². The molecule has 0 radical (unpaired) electrons. The van der Waals surface area contributed by atoms with Gasteiger partial charge in [0.2, 0.25) is 11.8 Å². The Morgan fingerprint density at radius 1 is 1.05 bits per heavy atom. The van der Waals surface area contributed by atoms with Gasteiger partial charge in [-0.1, -0.05) is 6.42 Å². The SMILES string of the molecule is CC(=O)N1CCCCNC(=O)CC2CCCCN2CCC1. The molecule has 0 aromatic carbocycles. The predicted octanol–water partition coefficient (Wildman–Crippen LogP) is 1.38. The van der Waals surface area contributed by atoms with Crippen molar-refractivity contribution in [2.24, 2.45) is 0 Å². The second-order valence-electron chi connectivity index (χ2n) is 6.31. The molecular formula is C16H29N3O2. The third-order valence-electron chi connectivity index (χ3n) is 4.67. The summed E-state index contributed by atoms with van der Waals surface area (Å²) in [5, 5.41) is 3.03. The monoisotopic (exact) mass is 295 g/mol. The molecule has 2 heterocycles. The molecule has 1 atom stereocenters. The first-order valence-corrected chi connectivity index (χ1v) is 8.43. The van der Waals surface area contributed by atoms with E-state index in [-0.39, 0.29) is 11.8 Å². The van der Waals surface area contributed by atoms with Crippen molar-refractivity contribution in [3.8, 4) is 0 Å². The Morgan fingerprint density at radius 3 is 2.57 bits per heavy atom. The van der Waals surface area contributed by atoms with E-state index in [1.807, 2.05) is 4.90 Å². The van der Waals surface area contributed by atoms with Crippen LogP contribution in [0.1, 0.15) is 51.9 Å². The third kappa shape index (κ3) is 5.30. The van der Waals surface area contributed by atoms with E-state index in [0.717, 1.165) is 58.4 Å². The van der Waals surface area contributed by atoms with Crippen LogP contribution in [0.3, 0.4) is 0 Å². The zero-order valence-electron chi connectivity index (χ0n) is 13.3. The lowest BCUT2D eigenvalue weighted by Crippen LogP contribution is -2.43. The minimum Gasteiger partial charge on any atom is -0.356 e. The summed E-state index contributed by atoms with van der Waals surface area (Å²) in [5.41, 5.74) is 0. The van der Waals surface area contributed by atoms with Gasteiger partial charge in [-0.05, 0) is 38.6 Å². The van der Waals surface area contributed by atoms with E-state index in [2.05, 4.69) is 10.2 Å². The second kappa shape index (κ2) is 8.37. The van der Waals surface area contributed by atoms with Gasteiger partial charge in [-0.3, -0.25) is 14.5 Å². The second-order valence-corrected chi connectivity index (χ2v) is 6.31. The molecule has 2 fully saturated rings. The van der Waals surface area contributed by atoms with Gasteiger partial charge in [0, 0.05) is 45.6 Å². The molecule has 0 spiro atoms. The third-order valence-corrected chi connectivity index (χ3v) is 4.67. The molecule has 0 aromatic rings. The molecule has 21 heavy (non-hydrogen) atoms. The number of fused-ring (bicyclic) bond motifs is 1. The average Bonchev–Trinajstić information content (AvgIpc) is 2.47.